The molecule has 3 rings (SSSR count). The minimum Gasteiger partial charge on any atom is -0.325 e. The van der Waals surface area contributed by atoms with Crippen LogP contribution in [-0.4, -0.2) is 28.5 Å². The average Bonchev–Trinajstić information content (AvgIpc) is 2.84. The van der Waals surface area contributed by atoms with E-state index in [1.807, 2.05) is 25.1 Å². The van der Waals surface area contributed by atoms with E-state index in [2.05, 4.69) is 5.32 Å². The van der Waals surface area contributed by atoms with Crippen LogP contribution in [0.15, 0.2) is 53.4 Å². The number of halogens is 1. The van der Waals surface area contributed by atoms with Crippen molar-refractivity contribution >= 4 is 52.2 Å². The topological polar surface area (TPSA) is 66.5 Å². The van der Waals surface area contributed by atoms with E-state index in [-0.39, 0.29) is 11.4 Å². The fourth-order valence-corrected chi connectivity index (χ4v) is 3.46. The first-order valence-corrected chi connectivity index (χ1v) is 9.00. The number of hydrogen-bond donors (Lipinski definition) is 1. The molecule has 1 fully saturated rings. The SMILES string of the molecule is Cc1cccc(NC(=O)CN2C(=O)SC(=Cc3ccccc3Cl)C2=O)c1. The lowest BCUT2D eigenvalue weighted by atomic mass is 10.2. The maximum absolute atomic E-state index is 12.5. The Balaban J connectivity index is 1.71. The molecule has 2 aromatic carbocycles. The highest BCUT2D eigenvalue weighted by Crippen LogP contribution is 2.33. The van der Waals surface area contributed by atoms with Gasteiger partial charge in [-0.2, -0.15) is 0 Å². The predicted molar refractivity (Wildman–Crippen MR) is 104 cm³/mol. The Bertz CT molecular complexity index is 927. The number of amides is 3. The van der Waals surface area contributed by atoms with Crippen LogP contribution in [-0.2, 0) is 9.59 Å². The van der Waals surface area contributed by atoms with Gasteiger partial charge < -0.3 is 5.32 Å². The Morgan fingerprint density at radius 3 is 2.69 bits per heavy atom. The summed E-state index contributed by atoms with van der Waals surface area (Å²) in [5, 5.41) is 2.69. The molecule has 0 spiro atoms. The quantitative estimate of drug-likeness (QED) is 0.794. The zero-order valence-corrected chi connectivity index (χ0v) is 15.4. The lowest BCUT2D eigenvalue weighted by Gasteiger charge is -2.12. The first-order chi connectivity index (χ1) is 12.4. The van der Waals surface area contributed by atoms with E-state index in [1.54, 1.807) is 36.4 Å². The number of carbonyl (C=O) groups is 3. The molecule has 0 unspecified atom stereocenters. The molecule has 2 aromatic rings. The van der Waals surface area contributed by atoms with E-state index in [0.29, 0.717) is 16.3 Å². The van der Waals surface area contributed by atoms with Crippen LogP contribution in [0.1, 0.15) is 11.1 Å². The van der Waals surface area contributed by atoms with E-state index in [4.69, 9.17) is 11.6 Å². The second-order valence-corrected chi connectivity index (χ2v) is 7.11. The van der Waals surface area contributed by atoms with Crippen molar-refractivity contribution in [2.24, 2.45) is 0 Å². The maximum atomic E-state index is 12.5. The van der Waals surface area contributed by atoms with E-state index in [0.717, 1.165) is 22.2 Å². The van der Waals surface area contributed by atoms with Gasteiger partial charge in [0, 0.05) is 10.7 Å². The summed E-state index contributed by atoms with van der Waals surface area (Å²) in [6.45, 7) is 1.57. The highest BCUT2D eigenvalue weighted by atomic mass is 35.5. The van der Waals surface area contributed by atoms with Crippen molar-refractivity contribution in [2.75, 3.05) is 11.9 Å². The molecule has 0 aliphatic carbocycles. The van der Waals surface area contributed by atoms with Crippen molar-refractivity contribution in [3.8, 4) is 0 Å². The van der Waals surface area contributed by atoms with Gasteiger partial charge in [0.05, 0.1) is 4.91 Å². The normalized spacial score (nSPS) is 15.6. The number of carbonyl (C=O) groups excluding carboxylic acids is 3. The fraction of sp³-hybridized carbons (Fsp3) is 0.105. The molecule has 7 heteroatoms. The summed E-state index contributed by atoms with van der Waals surface area (Å²) in [5.74, 6) is -0.934. The summed E-state index contributed by atoms with van der Waals surface area (Å²) in [4.78, 5) is 37.9. The third-order valence-electron chi connectivity index (χ3n) is 3.67. The van der Waals surface area contributed by atoms with Gasteiger partial charge in [-0.1, -0.05) is 41.9 Å². The molecule has 0 saturated carbocycles. The summed E-state index contributed by atoms with van der Waals surface area (Å²) in [7, 11) is 0. The Hall–Kier alpha value is -2.57. The van der Waals surface area contributed by atoms with Gasteiger partial charge in [0.2, 0.25) is 5.91 Å². The number of hydrogen-bond acceptors (Lipinski definition) is 4. The van der Waals surface area contributed by atoms with Gasteiger partial charge in [0.1, 0.15) is 6.54 Å². The van der Waals surface area contributed by atoms with Gasteiger partial charge >= 0.3 is 0 Å². The van der Waals surface area contributed by atoms with Crippen LogP contribution in [0.2, 0.25) is 5.02 Å². The van der Waals surface area contributed by atoms with E-state index in [1.165, 1.54) is 0 Å². The largest absolute Gasteiger partial charge is 0.325 e. The molecule has 0 atom stereocenters. The van der Waals surface area contributed by atoms with Crippen LogP contribution in [0.3, 0.4) is 0 Å². The van der Waals surface area contributed by atoms with E-state index in [9.17, 15) is 14.4 Å². The minimum atomic E-state index is -0.501. The highest BCUT2D eigenvalue weighted by molar-refractivity contribution is 8.18. The molecule has 1 heterocycles. The molecule has 0 aromatic heterocycles. The number of benzene rings is 2. The summed E-state index contributed by atoms with van der Waals surface area (Å²) in [6.07, 6.45) is 1.56. The fourth-order valence-electron chi connectivity index (χ4n) is 2.44. The molecule has 1 aliphatic rings. The molecule has 5 nitrogen and oxygen atoms in total. The number of nitrogens with one attached hydrogen (secondary N) is 1. The zero-order valence-electron chi connectivity index (χ0n) is 13.9. The first kappa shape index (κ1) is 18.2. The Morgan fingerprint density at radius 1 is 1.19 bits per heavy atom. The Morgan fingerprint density at radius 2 is 1.96 bits per heavy atom. The number of rotatable bonds is 4. The molecule has 1 aliphatic heterocycles. The maximum Gasteiger partial charge on any atom is 0.294 e. The summed E-state index contributed by atoms with van der Waals surface area (Å²) < 4.78 is 0. The third kappa shape index (κ3) is 4.15. The Kier molecular flexibility index (Phi) is 5.44. The molecule has 1 N–H and O–H groups in total. The van der Waals surface area contributed by atoms with Crippen LogP contribution >= 0.6 is 23.4 Å². The van der Waals surface area contributed by atoms with Crippen molar-refractivity contribution in [3.63, 3.8) is 0 Å². The number of nitrogens with zero attached hydrogens (tertiary/aromatic N) is 1. The van der Waals surface area contributed by atoms with Gasteiger partial charge in [-0.05, 0) is 54.1 Å². The first-order valence-electron chi connectivity index (χ1n) is 7.80. The van der Waals surface area contributed by atoms with Crippen molar-refractivity contribution in [1.29, 1.82) is 0 Å². The van der Waals surface area contributed by atoms with Crippen molar-refractivity contribution < 1.29 is 14.4 Å². The third-order valence-corrected chi connectivity index (χ3v) is 4.92. The van der Waals surface area contributed by atoms with Gasteiger partial charge in [0.15, 0.2) is 0 Å². The molecular weight excluding hydrogens is 372 g/mol. The van der Waals surface area contributed by atoms with Gasteiger partial charge in [-0.15, -0.1) is 0 Å². The van der Waals surface area contributed by atoms with Gasteiger partial charge in [-0.25, -0.2) is 0 Å². The molecule has 0 radical (unpaired) electrons. The van der Waals surface area contributed by atoms with E-state index < -0.39 is 17.1 Å². The number of thioether (sulfide) groups is 1. The van der Waals surface area contributed by atoms with Crippen LogP contribution in [0.25, 0.3) is 6.08 Å². The molecule has 3 amide bonds. The molecular formula is C19H15ClN2O3S. The van der Waals surface area contributed by atoms with Gasteiger partial charge in [0.25, 0.3) is 11.1 Å². The predicted octanol–water partition coefficient (Wildman–Crippen LogP) is 4.32. The molecule has 132 valence electrons. The number of anilines is 1. The zero-order chi connectivity index (χ0) is 18.7. The number of aryl methyl sites for hydroxylation is 1. The summed E-state index contributed by atoms with van der Waals surface area (Å²) in [5.41, 5.74) is 2.26. The van der Waals surface area contributed by atoms with Crippen molar-refractivity contribution in [3.05, 3.63) is 69.6 Å². The lowest BCUT2D eigenvalue weighted by Crippen LogP contribution is -2.36. The van der Waals surface area contributed by atoms with Crippen LogP contribution < -0.4 is 5.32 Å². The minimum absolute atomic E-state index is 0.242. The van der Waals surface area contributed by atoms with Crippen molar-refractivity contribution in [1.82, 2.24) is 4.90 Å². The lowest BCUT2D eigenvalue weighted by molar-refractivity contribution is -0.127. The average molecular weight is 387 g/mol. The number of imide groups is 1. The van der Waals surface area contributed by atoms with Crippen LogP contribution in [0.5, 0.6) is 0 Å². The monoisotopic (exact) mass is 386 g/mol. The molecule has 1 saturated heterocycles. The van der Waals surface area contributed by atoms with Gasteiger partial charge in [-0.3, -0.25) is 19.3 Å². The summed E-state index contributed by atoms with van der Waals surface area (Å²) in [6, 6.07) is 14.3. The molecule has 26 heavy (non-hydrogen) atoms. The van der Waals surface area contributed by atoms with Crippen molar-refractivity contribution in [2.45, 2.75) is 6.92 Å². The highest BCUT2D eigenvalue weighted by Gasteiger charge is 2.36. The van der Waals surface area contributed by atoms with Crippen LogP contribution in [0.4, 0.5) is 10.5 Å². The summed E-state index contributed by atoms with van der Waals surface area (Å²) >= 11 is 6.88. The standard InChI is InChI=1S/C19H15ClN2O3S/c1-12-5-4-7-14(9-12)21-17(23)11-22-18(24)16(26-19(22)25)10-13-6-2-3-8-15(13)20/h2-10H,11H2,1H3,(H,21,23). The second-order valence-electron chi connectivity index (χ2n) is 5.71. The Labute approximate surface area is 160 Å². The molecule has 0 bridgehead atoms. The second kappa shape index (κ2) is 7.76. The van der Waals surface area contributed by atoms with E-state index >= 15 is 0 Å². The van der Waals surface area contributed by atoms with Crippen LogP contribution in [0, 0.1) is 6.92 Å². The smallest absolute Gasteiger partial charge is 0.294 e.